The summed E-state index contributed by atoms with van der Waals surface area (Å²) >= 11 is 1.23. The topological polar surface area (TPSA) is 85.4 Å². The number of aromatic nitrogens is 1. The number of carbonyl (C=O) groups is 1. The van der Waals surface area contributed by atoms with Crippen molar-refractivity contribution < 1.29 is 17.9 Å². The minimum absolute atomic E-state index is 0.276. The van der Waals surface area contributed by atoms with Crippen molar-refractivity contribution in [1.82, 2.24) is 4.98 Å². The Bertz CT molecular complexity index is 643. The summed E-state index contributed by atoms with van der Waals surface area (Å²) in [5.41, 5.74) is -0.0699. The Kier molecular flexibility index (Phi) is 3.69. The van der Waals surface area contributed by atoms with Gasteiger partial charge in [-0.1, -0.05) is 12.8 Å². The van der Waals surface area contributed by atoms with Gasteiger partial charge in [0.1, 0.15) is 5.41 Å². The molecular formula is C13H18N2O4S2. The maximum atomic E-state index is 12.2. The number of carbonyl (C=O) groups excluding carboxylic acids is 1. The number of nitrogens with one attached hydrogen (secondary N) is 1. The van der Waals surface area contributed by atoms with E-state index in [1.165, 1.54) is 18.4 Å². The van der Waals surface area contributed by atoms with Crippen LogP contribution < -0.4 is 4.72 Å². The Morgan fingerprint density at radius 3 is 2.67 bits per heavy atom. The number of sulfonamides is 1. The summed E-state index contributed by atoms with van der Waals surface area (Å²) in [5, 5.41) is 1.82. The molecule has 116 valence electrons. The minimum Gasteiger partial charge on any atom is -0.468 e. The van der Waals surface area contributed by atoms with Crippen LogP contribution >= 0.6 is 11.3 Å². The summed E-state index contributed by atoms with van der Waals surface area (Å²) < 4.78 is 31.3. The predicted molar refractivity (Wildman–Crippen MR) is 79.8 cm³/mol. The molecule has 0 amide bonds. The molecule has 0 aromatic carbocycles. The van der Waals surface area contributed by atoms with Crippen LogP contribution in [0.15, 0.2) is 5.38 Å². The van der Waals surface area contributed by atoms with Crippen LogP contribution in [0.2, 0.25) is 0 Å². The summed E-state index contributed by atoms with van der Waals surface area (Å²) in [7, 11) is -1.93. The van der Waals surface area contributed by atoms with E-state index in [-0.39, 0.29) is 11.2 Å². The normalized spacial score (nSPS) is 21.2. The number of hydrogen-bond acceptors (Lipinski definition) is 6. The molecule has 0 saturated heterocycles. The Morgan fingerprint density at radius 1 is 1.43 bits per heavy atom. The van der Waals surface area contributed by atoms with Gasteiger partial charge in [0.15, 0.2) is 5.13 Å². The van der Waals surface area contributed by atoms with E-state index in [2.05, 4.69) is 9.71 Å². The van der Waals surface area contributed by atoms with Crippen LogP contribution in [0.3, 0.4) is 0 Å². The van der Waals surface area contributed by atoms with Gasteiger partial charge in [-0.25, -0.2) is 13.4 Å². The lowest BCUT2D eigenvalue weighted by Gasteiger charge is -2.23. The third kappa shape index (κ3) is 2.66. The molecule has 2 aliphatic carbocycles. The fourth-order valence-electron chi connectivity index (χ4n) is 2.86. The number of esters is 1. The van der Waals surface area contributed by atoms with Crippen LogP contribution in [0.5, 0.6) is 0 Å². The van der Waals surface area contributed by atoms with E-state index >= 15 is 0 Å². The lowest BCUT2D eigenvalue weighted by Crippen LogP contribution is -2.34. The summed E-state index contributed by atoms with van der Waals surface area (Å²) in [6, 6.07) is 0. The molecule has 2 saturated carbocycles. The van der Waals surface area contributed by atoms with Crippen LogP contribution in [-0.4, -0.2) is 31.7 Å². The summed E-state index contributed by atoms with van der Waals surface area (Å²) in [6.07, 6.45) is 4.74. The van der Waals surface area contributed by atoms with Crippen molar-refractivity contribution in [3.8, 4) is 0 Å². The summed E-state index contributed by atoms with van der Waals surface area (Å²) in [6.45, 7) is 0. The molecule has 1 heterocycles. The van der Waals surface area contributed by atoms with Crippen molar-refractivity contribution in [3.63, 3.8) is 0 Å². The SMILES string of the molecule is COC(=O)C1(c2csc(NS(=O)(=O)C3CC3)n2)CCCC1. The van der Waals surface area contributed by atoms with Crippen LogP contribution in [0.4, 0.5) is 5.13 Å². The van der Waals surface area contributed by atoms with Crippen molar-refractivity contribution >= 4 is 32.5 Å². The molecule has 3 rings (SSSR count). The molecule has 0 spiro atoms. The molecule has 1 N–H and O–H groups in total. The van der Waals surface area contributed by atoms with Crippen molar-refractivity contribution in [3.05, 3.63) is 11.1 Å². The van der Waals surface area contributed by atoms with Crippen LogP contribution in [0.1, 0.15) is 44.2 Å². The predicted octanol–water partition coefficient (Wildman–Crippen LogP) is 2.03. The molecule has 21 heavy (non-hydrogen) atoms. The van der Waals surface area contributed by atoms with Gasteiger partial charge >= 0.3 is 5.97 Å². The summed E-state index contributed by atoms with van der Waals surface area (Å²) in [5.74, 6) is -0.276. The molecule has 1 aromatic rings. The highest BCUT2D eigenvalue weighted by Crippen LogP contribution is 2.43. The smallest absolute Gasteiger partial charge is 0.317 e. The highest BCUT2D eigenvalue weighted by Gasteiger charge is 2.46. The van der Waals surface area contributed by atoms with E-state index in [9.17, 15) is 13.2 Å². The molecule has 0 atom stereocenters. The Balaban J connectivity index is 1.84. The first-order chi connectivity index (χ1) is 9.98. The van der Waals surface area contributed by atoms with E-state index in [0.29, 0.717) is 36.5 Å². The van der Waals surface area contributed by atoms with Crippen LogP contribution in [0.25, 0.3) is 0 Å². The highest BCUT2D eigenvalue weighted by atomic mass is 32.2. The number of hydrogen-bond donors (Lipinski definition) is 1. The quantitative estimate of drug-likeness (QED) is 0.835. The maximum Gasteiger partial charge on any atom is 0.317 e. The van der Waals surface area contributed by atoms with Gasteiger partial charge in [-0.05, 0) is 25.7 Å². The third-order valence-electron chi connectivity index (χ3n) is 4.22. The van der Waals surface area contributed by atoms with E-state index in [1.807, 2.05) is 0 Å². The minimum atomic E-state index is -3.31. The second kappa shape index (κ2) is 5.24. The fraction of sp³-hybridized carbons (Fsp3) is 0.692. The van der Waals surface area contributed by atoms with E-state index < -0.39 is 15.4 Å². The highest BCUT2D eigenvalue weighted by molar-refractivity contribution is 7.93. The Morgan fingerprint density at radius 2 is 2.10 bits per heavy atom. The van der Waals surface area contributed by atoms with Gasteiger partial charge in [-0.15, -0.1) is 11.3 Å². The lowest BCUT2D eigenvalue weighted by molar-refractivity contribution is -0.147. The second-order valence-electron chi connectivity index (χ2n) is 5.67. The van der Waals surface area contributed by atoms with E-state index in [1.54, 1.807) is 5.38 Å². The van der Waals surface area contributed by atoms with Gasteiger partial charge in [0.2, 0.25) is 10.0 Å². The Hall–Kier alpha value is -1.15. The monoisotopic (exact) mass is 330 g/mol. The van der Waals surface area contributed by atoms with E-state index in [4.69, 9.17) is 4.74 Å². The van der Waals surface area contributed by atoms with Crippen molar-refractivity contribution in [2.45, 2.75) is 49.2 Å². The fourth-order valence-corrected chi connectivity index (χ4v) is 5.27. The number of rotatable bonds is 5. The van der Waals surface area contributed by atoms with Gasteiger partial charge < -0.3 is 4.74 Å². The first kappa shape index (κ1) is 14.8. The largest absolute Gasteiger partial charge is 0.468 e. The first-order valence-electron chi connectivity index (χ1n) is 7.04. The van der Waals surface area contributed by atoms with Gasteiger partial charge in [-0.2, -0.15) is 0 Å². The maximum absolute atomic E-state index is 12.2. The zero-order valence-electron chi connectivity index (χ0n) is 11.8. The molecule has 8 heteroatoms. The molecule has 2 fully saturated rings. The lowest BCUT2D eigenvalue weighted by atomic mass is 9.83. The number of ether oxygens (including phenoxy) is 1. The molecular weight excluding hydrogens is 312 g/mol. The molecule has 0 bridgehead atoms. The zero-order chi connectivity index (χ0) is 15.1. The van der Waals surface area contributed by atoms with Crippen LogP contribution in [0, 0.1) is 0 Å². The van der Waals surface area contributed by atoms with Crippen molar-refractivity contribution in [2.75, 3.05) is 11.8 Å². The molecule has 0 radical (unpaired) electrons. The average molecular weight is 330 g/mol. The molecule has 6 nitrogen and oxygen atoms in total. The molecule has 0 aliphatic heterocycles. The zero-order valence-corrected chi connectivity index (χ0v) is 13.4. The third-order valence-corrected chi connectivity index (χ3v) is 6.93. The van der Waals surface area contributed by atoms with Gasteiger partial charge in [0.25, 0.3) is 0 Å². The van der Waals surface area contributed by atoms with Gasteiger partial charge in [0, 0.05) is 5.38 Å². The number of thiazole rings is 1. The van der Waals surface area contributed by atoms with Crippen molar-refractivity contribution in [1.29, 1.82) is 0 Å². The Labute approximate surface area is 128 Å². The summed E-state index contributed by atoms with van der Waals surface area (Å²) in [4.78, 5) is 16.5. The first-order valence-corrected chi connectivity index (χ1v) is 9.46. The molecule has 0 unspecified atom stereocenters. The number of nitrogens with zero attached hydrogens (tertiary/aromatic N) is 1. The van der Waals surface area contributed by atoms with Gasteiger partial charge in [-0.3, -0.25) is 9.52 Å². The second-order valence-corrected chi connectivity index (χ2v) is 8.48. The molecule has 2 aliphatic rings. The number of methoxy groups -OCH3 is 1. The van der Waals surface area contributed by atoms with E-state index in [0.717, 1.165) is 12.8 Å². The van der Waals surface area contributed by atoms with Gasteiger partial charge in [0.05, 0.1) is 18.1 Å². The van der Waals surface area contributed by atoms with Crippen LogP contribution in [-0.2, 0) is 25.0 Å². The number of anilines is 1. The van der Waals surface area contributed by atoms with Crippen molar-refractivity contribution in [2.24, 2.45) is 0 Å². The standard InChI is InChI=1S/C13H18N2O4S2/c1-19-11(16)13(6-2-3-7-13)10-8-20-12(14-10)15-21(17,18)9-4-5-9/h8-9H,2-7H2,1H3,(H,14,15). The molecule has 1 aromatic heterocycles. The average Bonchev–Trinajstić information content (AvgIpc) is 3.04.